The molecule has 1 atom stereocenters. The van der Waals surface area contributed by atoms with Gasteiger partial charge in [-0.1, -0.05) is 6.07 Å². The largest absolute Gasteiger partial charge is 0.483 e. The minimum Gasteiger partial charge on any atom is -0.483 e. The number of carbonyl (C=O) groups excluding carboxylic acids is 1. The van der Waals surface area contributed by atoms with Crippen LogP contribution in [0, 0.1) is 5.82 Å². The van der Waals surface area contributed by atoms with Gasteiger partial charge in [0.15, 0.2) is 6.61 Å². The van der Waals surface area contributed by atoms with Crippen LogP contribution in [0.1, 0.15) is 37.8 Å². The van der Waals surface area contributed by atoms with Gasteiger partial charge >= 0.3 is 0 Å². The number of halogens is 1. The molecule has 1 amide bonds. The third-order valence-corrected chi connectivity index (χ3v) is 3.53. The van der Waals surface area contributed by atoms with Crippen molar-refractivity contribution in [1.29, 1.82) is 0 Å². The number of amides is 1. The van der Waals surface area contributed by atoms with Crippen LogP contribution in [-0.4, -0.2) is 30.5 Å². The Morgan fingerprint density at radius 2 is 2.10 bits per heavy atom. The number of hydrogen-bond acceptors (Lipinski definition) is 3. The number of nitrogens with zero attached hydrogens (tertiary/aromatic N) is 1. The lowest BCUT2D eigenvalue weighted by Gasteiger charge is -2.26. The first kappa shape index (κ1) is 14.8. The molecule has 1 unspecified atom stereocenters. The average Bonchev–Trinajstić information content (AvgIpc) is 2.45. The van der Waals surface area contributed by atoms with E-state index in [1.165, 1.54) is 18.6 Å². The van der Waals surface area contributed by atoms with E-state index in [4.69, 9.17) is 10.5 Å². The molecule has 0 saturated carbocycles. The molecular weight excluding hydrogens is 259 g/mol. The highest BCUT2D eigenvalue weighted by Gasteiger charge is 2.18. The highest BCUT2D eigenvalue weighted by Crippen LogP contribution is 2.25. The molecular formula is C15H21FN2O2. The van der Waals surface area contributed by atoms with Gasteiger partial charge in [0.2, 0.25) is 0 Å². The molecule has 0 bridgehead atoms. The first-order valence-electron chi connectivity index (χ1n) is 7.03. The number of hydrogen-bond donors (Lipinski definition) is 1. The number of benzene rings is 1. The summed E-state index contributed by atoms with van der Waals surface area (Å²) >= 11 is 0. The molecule has 5 heteroatoms. The molecule has 1 aromatic rings. The lowest BCUT2D eigenvalue weighted by atomic mass is 10.1. The Morgan fingerprint density at radius 1 is 1.40 bits per heavy atom. The zero-order chi connectivity index (χ0) is 14.5. The Morgan fingerprint density at radius 3 is 2.75 bits per heavy atom. The summed E-state index contributed by atoms with van der Waals surface area (Å²) in [6.07, 6.45) is 3.25. The monoisotopic (exact) mass is 280 g/mol. The van der Waals surface area contributed by atoms with Gasteiger partial charge in [-0.2, -0.15) is 0 Å². The van der Waals surface area contributed by atoms with E-state index in [0.717, 1.165) is 25.9 Å². The first-order chi connectivity index (χ1) is 9.58. The first-order valence-corrected chi connectivity index (χ1v) is 7.03. The molecule has 2 rings (SSSR count). The number of likely N-dealkylation sites (tertiary alicyclic amines) is 1. The molecule has 0 radical (unpaired) electrons. The molecule has 1 aliphatic heterocycles. The number of piperidine rings is 1. The van der Waals surface area contributed by atoms with Gasteiger partial charge in [0.1, 0.15) is 11.6 Å². The van der Waals surface area contributed by atoms with Gasteiger partial charge in [-0.15, -0.1) is 0 Å². The van der Waals surface area contributed by atoms with E-state index in [9.17, 15) is 9.18 Å². The van der Waals surface area contributed by atoms with Crippen molar-refractivity contribution in [3.05, 3.63) is 29.6 Å². The minimum absolute atomic E-state index is 0.0513. The maximum Gasteiger partial charge on any atom is 0.260 e. The molecule has 1 aliphatic rings. The summed E-state index contributed by atoms with van der Waals surface area (Å²) in [5.41, 5.74) is 6.52. The molecule has 0 spiro atoms. The maximum atomic E-state index is 13.3. The number of ether oxygens (including phenoxy) is 1. The van der Waals surface area contributed by atoms with Crippen molar-refractivity contribution < 1.29 is 13.9 Å². The summed E-state index contributed by atoms with van der Waals surface area (Å²) in [6.45, 7) is 3.30. The van der Waals surface area contributed by atoms with Crippen molar-refractivity contribution >= 4 is 5.91 Å². The third-order valence-electron chi connectivity index (χ3n) is 3.53. The lowest BCUT2D eigenvalue weighted by molar-refractivity contribution is -0.134. The van der Waals surface area contributed by atoms with Gasteiger partial charge < -0.3 is 15.4 Å². The maximum absolute atomic E-state index is 13.3. The molecule has 110 valence electrons. The molecule has 1 saturated heterocycles. The van der Waals surface area contributed by atoms with Crippen LogP contribution in [0.5, 0.6) is 5.75 Å². The van der Waals surface area contributed by atoms with Crippen molar-refractivity contribution in [3.63, 3.8) is 0 Å². The number of nitrogens with two attached hydrogens (primary N) is 1. The fourth-order valence-corrected chi connectivity index (χ4v) is 2.38. The van der Waals surface area contributed by atoms with Crippen molar-refractivity contribution in [2.24, 2.45) is 5.73 Å². The van der Waals surface area contributed by atoms with E-state index in [0.29, 0.717) is 11.3 Å². The van der Waals surface area contributed by atoms with Crippen molar-refractivity contribution in [2.45, 2.75) is 32.2 Å². The van der Waals surface area contributed by atoms with Crippen molar-refractivity contribution in [2.75, 3.05) is 19.7 Å². The van der Waals surface area contributed by atoms with Crippen LogP contribution in [0.25, 0.3) is 0 Å². The minimum atomic E-state index is -0.394. The second-order valence-electron chi connectivity index (χ2n) is 5.20. The standard InChI is InChI=1S/C15H21FN2O2/c1-11(17)13-6-5-12(16)9-14(13)20-10-15(19)18-7-3-2-4-8-18/h5-6,9,11H,2-4,7-8,10,17H2,1H3. The van der Waals surface area contributed by atoms with Gasteiger partial charge in [0.25, 0.3) is 5.91 Å². The molecule has 2 N–H and O–H groups in total. The smallest absolute Gasteiger partial charge is 0.260 e. The Labute approximate surface area is 118 Å². The van der Waals surface area contributed by atoms with Gasteiger partial charge in [0, 0.05) is 30.8 Å². The van der Waals surface area contributed by atoms with E-state index in [2.05, 4.69) is 0 Å². The number of carbonyl (C=O) groups is 1. The zero-order valence-electron chi connectivity index (χ0n) is 11.8. The predicted molar refractivity (Wildman–Crippen MR) is 74.9 cm³/mol. The summed E-state index contributed by atoms with van der Waals surface area (Å²) < 4.78 is 18.8. The lowest BCUT2D eigenvalue weighted by Crippen LogP contribution is -2.38. The van der Waals surface area contributed by atoms with E-state index in [1.807, 2.05) is 0 Å². The predicted octanol–water partition coefficient (Wildman–Crippen LogP) is 2.24. The van der Waals surface area contributed by atoms with Crippen LogP contribution in [-0.2, 0) is 4.79 Å². The van der Waals surface area contributed by atoms with Gasteiger partial charge in [0.05, 0.1) is 0 Å². The van der Waals surface area contributed by atoms with Crippen molar-refractivity contribution in [3.8, 4) is 5.75 Å². The number of rotatable bonds is 4. The highest BCUT2D eigenvalue weighted by atomic mass is 19.1. The topological polar surface area (TPSA) is 55.6 Å². The van der Waals surface area contributed by atoms with E-state index < -0.39 is 5.82 Å². The molecule has 1 fully saturated rings. The summed E-state index contributed by atoms with van der Waals surface area (Å²) in [7, 11) is 0. The second-order valence-corrected chi connectivity index (χ2v) is 5.20. The van der Waals surface area contributed by atoms with Crippen LogP contribution in [0.2, 0.25) is 0 Å². The van der Waals surface area contributed by atoms with Crippen molar-refractivity contribution in [1.82, 2.24) is 4.90 Å². The Balaban J connectivity index is 1.99. The van der Waals surface area contributed by atoms with Crippen LogP contribution in [0.15, 0.2) is 18.2 Å². The quantitative estimate of drug-likeness (QED) is 0.920. The summed E-state index contributed by atoms with van der Waals surface area (Å²) in [5, 5.41) is 0. The highest BCUT2D eigenvalue weighted by molar-refractivity contribution is 5.77. The van der Waals surface area contributed by atoms with E-state index in [1.54, 1.807) is 17.9 Å². The Bertz CT molecular complexity index is 471. The summed E-state index contributed by atoms with van der Waals surface area (Å²) in [6, 6.07) is 3.96. The van der Waals surface area contributed by atoms with Crippen LogP contribution in [0.3, 0.4) is 0 Å². The SMILES string of the molecule is CC(N)c1ccc(F)cc1OCC(=O)N1CCCCC1. The second kappa shape index (κ2) is 6.70. The Kier molecular flexibility index (Phi) is 4.95. The fourth-order valence-electron chi connectivity index (χ4n) is 2.38. The molecule has 1 heterocycles. The molecule has 1 aromatic carbocycles. The van der Waals surface area contributed by atoms with Gasteiger partial charge in [-0.25, -0.2) is 4.39 Å². The average molecular weight is 280 g/mol. The zero-order valence-corrected chi connectivity index (χ0v) is 11.8. The molecule has 20 heavy (non-hydrogen) atoms. The van der Waals surface area contributed by atoms with E-state index in [-0.39, 0.29) is 18.6 Å². The summed E-state index contributed by atoms with van der Waals surface area (Å²) in [4.78, 5) is 13.8. The fraction of sp³-hybridized carbons (Fsp3) is 0.533. The summed E-state index contributed by atoms with van der Waals surface area (Å²) in [5.74, 6) is -0.0928. The van der Waals surface area contributed by atoms with E-state index >= 15 is 0 Å². The molecule has 0 aliphatic carbocycles. The van der Waals surface area contributed by atoms with Gasteiger partial charge in [-0.3, -0.25) is 4.79 Å². The van der Waals surface area contributed by atoms with Crippen LogP contribution < -0.4 is 10.5 Å². The molecule has 0 aromatic heterocycles. The van der Waals surface area contributed by atoms with Crippen LogP contribution in [0.4, 0.5) is 4.39 Å². The third kappa shape index (κ3) is 3.70. The van der Waals surface area contributed by atoms with Gasteiger partial charge in [-0.05, 0) is 32.3 Å². The molecule has 4 nitrogen and oxygen atoms in total. The Hall–Kier alpha value is -1.62. The van der Waals surface area contributed by atoms with Crippen LogP contribution >= 0.6 is 0 Å². The normalized spacial score (nSPS) is 16.9.